The summed E-state index contributed by atoms with van der Waals surface area (Å²) in [5.74, 6) is 0.550. The maximum absolute atomic E-state index is 5.82. The van der Waals surface area contributed by atoms with E-state index in [1.54, 1.807) is 0 Å². The highest BCUT2D eigenvalue weighted by atomic mass is 15.1. The third-order valence-corrected chi connectivity index (χ3v) is 3.17. The van der Waals surface area contributed by atoms with Crippen molar-refractivity contribution in [2.75, 3.05) is 6.54 Å². The molecular formula is C15H25N3. The van der Waals surface area contributed by atoms with Crippen LogP contribution in [-0.2, 0) is 6.42 Å². The topological polar surface area (TPSA) is 50.4 Å². The van der Waals surface area contributed by atoms with Gasteiger partial charge < -0.3 is 11.1 Å². The zero-order valence-electron chi connectivity index (χ0n) is 12.0. The van der Waals surface area contributed by atoms with E-state index in [0.29, 0.717) is 12.0 Å². The van der Waals surface area contributed by atoms with E-state index in [-0.39, 0.29) is 0 Å². The molecule has 0 spiro atoms. The minimum absolute atomic E-state index is 0.384. The summed E-state index contributed by atoms with van der Waals surface area (Å²) in [6, 6.07) is 6.92. The molecule has 1 aromatic carbocycles. The molecule has 0 aliphatic heterocycles. The van der Waals surface area contributed by atoms with Crippen LogP contribution in [0.1, 0.15) is 37.0 Å². The van der Waals surface area contributed by atoms with E-state index >= 15 is 0 Å². The number of nitrogens with zero attached hydrogens (tertiary/aromatic N) is 1. The van der Waals surface area contributed by atoms with Gasteiger partial charge in [0.2, 0.25) is 0 Å². The fraction of sp³-hybridized carbons (Fsp3) is 0.533. The van der Waals surface area contributed by atoms with Crippen LogP contribution in [0.5, 0.6) is 0 Å². The number of rotatable bonds is 5. The van der Waals surface area contributed by atoms with E-state index in [1.807, 2.05) is 0 Å². The Morgan fingerprint density at radius 2 is 2.11 bits per heavy atom. The van der Waals surface area contributed by atoms with Crippen molar-refractivity contribution in [2.24, 2.45) is 10.7 Å². The molecule has 100 valence electrons. The van der Waals surface area contributed by atoms with Gasteiger partial charge >= 0.3 is 0 Å². The Bertz CT molecular complexity index is 410. The lowest BCUT2D eigenvalue weighted by Gasteiger charge is -2.11. The first-order valence-electron chi connectivity index (χ1n) is 6.65. The third kappa shape index (κ3) is 4.78. The van der Waals surface area contributed by atoms with Gasteiger partial charge in [-0.1, -0.05) is 30.7 Å². The molecule has 1 unspecified atom stereocenters. The number of hydrogen-bond acceptors (Lipinski definition) is 1. The molecule has 3 N–H and O–H groups in total. The summed E-state index contributed by atoms with van der Waals surface area (Å²) in [5.41, 5.74) is 9.80. The second kappa shape index (κ2) is 7.04. The van der Waals surface area contributed by atoms with Crippen LogP contribution >= 0.6 is 0 Å². The Balaban J connectivity index is 2.48. The van der Waals surface area contributed by atoms with Crippen LogP contribution in [-0.4, -0.2) is 18.5 Å². The average molecular weight is 247 g/mol. The summed E-state index contributed by atoms with van der Waals surface area (Å²) in [4.78, 5) is 4.35. The van der Waals surface area contributed by atoms with E-state index in [1.165, 1.54) is 16.7 Å². The van der Waals surface area contributed by atoms with E-state index < -0.39 is 0 Å². The summed E-state index contributed by atoms with van der Waals surface area (Å²) in [6.07, 6.45) is 1.99. The number of aliphatic imine (C=N–C) groups is 1. The molecule has 0 amide bonds. The number of hydrogen-bond donors (Lipinski definition) is 2. The van der Waals surface area contributed by atoms with Crippen LogP contribution in [0.15, 0.2) is 23.2 Å². The van der Waals surface area contributed by atoms with Crippen molar-refractivity contribution < 1.29 is 0 Å². The molecular weight excluding hydrogens is 222 g/mol. The van der Waals surface area contributed by atoms with Crippen molar-refractivity contribution in [3.05, 3.63) is 34.9 Å². The highest BCUT2D eigenvalue weighted by Crippen LogP contribution is 2.11. The molecule has 0 aliphatic carbocycles. The fourth-order valence-corrected chi connectivity index (χ4v) is 1.82. The molecule has 18 heavy (non-hydrogen) atoms. The van der Waals surface area contributed by atoms with Crippen molar-refractivity contribution in [1.29, 1.82) is 0 Å². The van der Waals surface area contributed by atoms with Gasteiger partial charge in [-0.15, -0.1) is 0 Å². The lowest BCUT2D eigenvalue weighted by molar-refractivity contribution is 0.636. The summed E-state index contributed by atoms with van der Waals surface area (Å²) >= 11 is 0. The van der Waals surface area contributed by atoms with Gasteiger partial charge in [-0.25, -0.2) is 0 Å². The Hall–Kier alpha value is -1.51. The van der Waals surface area contributed by atoms with E-state index in [0.717, 1.165) is 19.4 Å². The molecule has 1 aromatic rings. The quantitative estimate of drug-likeness (QED) is 0.620. The van der Waals surface area contributed by atoms with Gasteiger partial charge in [0, 0.05) is 12.6 Å². The van der Waals surface area contributed by atoms with Crippen LogP contribution in [0.3, 0.4) is 0 Å². The number of aryl methyl sites for hydroxylation is 2. The number of guanidine groups is 1. The number of benzene rings is 1. The summed E-state index contributed by atoms with van der Waals surface area (Å²) in [6.45, 7) is 9.22. The molecule has 1 atom stereocenters. The molecule has 0 aliphatic rings. The Morgan fingerprint density at radius 3 is 2.72 bits per heavy atom. The maximum atomic E-state index is 5.82. The molecule has 0 fully saturated rings. The molecule has 0 heterocycles. The summed E-state index contributed by atoms with van der Waals surface area (Å²) < 4.78 is 0. The lowest BCUT2D eigenvalue weighted by Crippen LogP contribution is -2.38. The SMILES string of the molecule is CCC(C)NC(N)=NCCc1ccc(C)cc1C. The van der Waals surface area contributed by atoms with Crippen LogP contribution in [0.4, 0.5) is 0 Å². The van der Waals surface area contributed by atoms with Crippen molar-refractivity contribution in [3.63, 3.8) is 0 Å². The predicted octanol–water partition coefficient (Wildman–Crippen LogP) is 2.55. The van der Waals surface area contributed by atoms with Crippen molar-refractivity contribution >= 4 is 5.96 Å². The first-order chi connectivity index (χ1) is 8.52. The minimum Gasteiger partial charge on any atom is -0.370 e. The second-order valence-corrected chi connectivity index (χ2v) is 4.90. The zero-order valence-corrected chi connectivity index (χ0v) is 12.0. The first kappa shape index (κ1) is 14.6. The predicted molar refractivity (Wildman–Crippen MR) is 79.0 cm³/mol. The number of nitrogens with two attached hydrogens (primary N) is 1. The highest BCUT2D eigenvalue weighted by molar-refractivity contribution is 5.78. The molecule has 0 saturated heterocycles. The minimum atomic E-state index is 0.384. The van der Waals surface area contributed by atoms with Crippen molar-refractivity contribution in [3.8, 4) is 0 Å². The normalized spacial score (nSPS) is 13.4. The van der Waals surface area contributed by atoms with E-state index in [4.69, 9.17) is 5.73 Å². The Kier molecular flexibility index (Phi) is 5.69. The molecule has 0 bridgehead atoms. The molecule has 1 rings (SSSR count). The molecule has 0 saturated carbocycles. The third-order valence-electron chi connectivity index (χ3n) is 3.17. The van der Waals surface area contributed by atoms with Gasteiger partial charge in [0.1, 0.15) is 0 Å². The van der Waals surface area contributed by atoms with Crippen molar-refractivity contribution in [1.82, 2.24) is 5.32 Å². The smallest absolute Gasteiger partial charge is 0.188 e. The average Bonchev–Trinajstić information content (AvgIpc) is 2.31. The Morgan fingerprint density at radius 1 is 1.39 bits per heavy atom. The Labute approximate surface area is 111 Å². The van der Waals surface area contributed by atoms with E-state index in [9.17, 15) is 0 Å². The van der Waals surface area contributed by atoms with Gasteiger partial charge in [0.25, 0.3) is 0 Å². The van der Waals surface area contributed by atoms with E-state index in [2.05, 4.69) is 56.2 Å². The molecule has 0 aromatic heterocycles. The summed E-state index contributed by atoms with van der Waals surface area (Å²) in [7, 11) is 0. The van der Waals surface area contributed by atoms with Gasteiger partial charge in [-0.3, -0.25) is 4.99 Å². The van der Waals surface area contributed by atoms with Crippen LogP contribution in [0.2, 0.25) is 0 Å². The standard InChI is InChI=1S/C15H25N3/c1-5-13(4)18-15(16)17-9-8-14-7-6-11(2)10-12(14)3/h6-7,10,13H,5,8-9H2,1-4H3,(H3,16,17,18). The fourth-order valence-electron chi connectivity index (χ4n) is 1.82. The maximum Gasteiger partial charge on any atom is 0.188 e. The summed E-state index contributed by atoms with van der Waals surface area (Å²) in [5, 5.41) is 3.17. The second-order valence-electron chi connectivity index (χ2n) is 4.90. The molecule has 3 heteroatoms. The van der Waals surface area contributed by atoms with Crippen LogP contribution in [0, 0.1) is 13.8 Å². The van der Waals surface area contributed by atoms with Gasteiger partial charge in [0.15, 0.2) is 5.96 Å². The zero-order chi connectivity index (χ0) is 13.5. The van der Waals surface area contributed by atoms with Gasteiger partial charge in [-0.05, 0) is 44.7 Å². The largest absolute Gasteiger partial charge is 0.370 e. The highest BCUT2D eigenvalue weighted by Gasteiger charge is 2.00. The molecule has 0 radical (unpaired) electrons. The molecule has 3 nitrogen and oxygen atoms in total. The van der Waals surface area contributed by atoms with Crippen LogP contribution < -0.4 is 11.1 Å². The van der Waals surface area contributed by atoms with Crippen molar-refractivity contribution in [2.45, 2.75) is 46.6 Å². The first-order valence-corrected chi connectivity index (χ1v) is 6.65. The number of nitrogens with one attached hydrogen (secondary N) is 1. The van der Waals surface area contributed by atoms with Gasteiger partial charge in [0.05, 0.1) is 0 Å². The van der Waals surface area contributed by atoms with Crippen LogP contribution in [0.25, 0.3) is 0 Å². The monoisotopic (exact) mass is 247 g/mol. The van der Waals surface area contributed by atoms with Gasteiger partial charge in [-0.2, -0.15) is 0 Å². The lowest BCUT2D eigenvalue weighted by atomic mass is 10.0.